The van der Waals surface area contributed by atoms with Gasteiger partial charge < -0.3 is 9.84 Å². The minimum absolute atomic E-state index is 0.0110. The highest BCUT2D eigenvalue weighted by Gasteiger charge is 2.06. The maximum absolute atomic E-state index is 11.3. The molecule has 4 heteroatoms. The molecule has 1 aromatic carbocycles. The van der Waals surface area contributed by atoms with Gasteiger partial charge in [0.25, 0.3) is 0 Å². The zero-order valence-corrected chi connectivity index (χ0v) is 9.10. The summed E-state index contributed by atoms with van der Waals surface area (Å²) in [5, 5.41) is 8.40. The molecule has 0 spiro atoms. The van der Waals surface area contributed by atoms with E-state index in [1.165, 1.54) is 0 Å². The second-order valence-electron chi connectivity index (χ2n) is 3.54. The third-order valence-electron chi connectivity index (χ3n) is 1.99. The van der Waals surface area contributed by atoms with Gasteiger partial charge in [-0.3, -0.25) is 9.59 Å². The Labute approximate surface area is 93.9 Å². The zero-order valence-electron chi connectivity index (χ0n) is 9.10. The van der Waals surface area contributed by atoms with Gasteiger partial charge in [-0.15, -0.1) is 0 Å². The van der Waals surface area contributed by atoms with E-state index in [1.54, 1.807) is 18.2 Å². The molecule has 0 aliphatic carbocycles. The Morgan fingerprint density at radius 1 is 1.31 bits per heavy atom. The molecule has 1 rings (SSSR count). The molecule has 0 bridgehead atoms. The van der Waals surface area contributed by atoms with E-state index < -0.39 is 11.9 Å². The minimum atomic E-state index is -0.900. The van der Waals surface area contributed by atoms with Crippen LogP contribution in [0.15, 0.2) is 24.3 Å². The smallest absolute Gasteiger partial charge is 0.311 e. The molecule has 0 heterocycles. The first kappa shape index (κ1) is 12.2. The van der Waals surface area contributed by atoms with E-state index in [9.17, 15) is 9.59 Å². The first-order valence-corrected chi connectivity index (χ1v) is 5.07. The van der Waals surface area contributed by atoms with Crippen molar-refractivity contribution in [1.29, 1.82) is 0 Å². The summed E-state index contributed by atoms with van der Waals surface area (Å²) in [6.07, 6.45) is 0.420. The van der Waals surface area contributed by atoms with E-state index in [1.807, 2.05) is 13.0 Å². The molecule has 1 aromatic rings. The van der Waals surface area contributed by atoms with Crippen molar-refractivity contribution < 1.29 is 19.4 Å². The summed E-state index contributed by atoms with van der Waals surface area (Å²) < 4.78 is 5.05. The number of carboxylic acids is 1. The molecule has 0 saturated carbocycles. The van der Waals surface area contributed by atoms with Crippen LogP contribution < -0.4 is 4.74 Å². The van der Waals surface area contributed by atoms with E-state index in [4.69, 9.17) is 9.84 Å². The van der Waals surface area contributed by atoms with Crippen molar-refractivity contribution in [3.63, 3.8) is 0 Å². The van der Waals surface area contributed by atoms with E-state index >= 15 is 0 Å². The molecule has 0 aliphatic rings. The van der Waals surface area contributed by atoms with Crippen molar-refractivity contribution in [2.45, 2.75) is 26.2 Å². The molecular weight excluding hydrogens is 208 g/mol. The van der Waals surface area contributed by atoms with Crippen LogP contribution in [0.25, 0.3) is 0 Å². The number of hydrogen-bond acceptors (Lipinski definition) is 3. The number of rotatable bonds is 5. The lowest BCUT2D eigenvalue weighted by Gasteiger charge is -2.04. The standard InChI is InChI=1S/C12H14O4/c1-9-4-2-5-10(8-9)16-12(15)7-3-6-11(13)14/h2,4-5,8H,3,6-7H2,1H3,(H,13,14). The quantitative estimate of drug-likeness (QED) is 0.612. The van der Waals surface area contributed by atoms with Crippen LogP contribution in [-0.2, 0) is 9.59 Å². The molecule has 0 atom stereocenters. The van der Waals surface area contributed by atoms with Crippen LogP contribution in [0.2, 0.25) is 0 Å². The van der Waals surface area contributed by atoms with Gasteiger partial charge in [0.05, 0.1) is 0 Å². The van der Waals surface area contributed by atoms with Gasteiger partial charge in [0.1, 0.15) is 5.75 Å². The first-order valence-electron chi connectivity index (χ1n) is 5.07. The normalized spacial score (nSPS) is 9.81. The lowest BCUT2D eigenvalue weighted by molar-refractivity contribution is -0.137. The predicted octanol–water partition coefficient (Wildman–Crippen LogP) is 2.16. The Morgan fingerprint density at radius 2 is 2.06 bits per heavy atom. The van der Waals surface area contributed by atoms with Crippen LogP contribution in [-0.4, -0.2) is 17.0 Å². The van der Waals surface area contributed by atoms with Gasteiger partial charge in [0.2, 0.25) is 0 Å². The minimum Gasteiger partial charge on any atom is -0.481 e. The van der Waals surface area contributed by atoms with E-state index in [0.29, 0.717) is 12.2 Å². The molecule has 0 amide bonds. The highest BCUT2D eigenvalue weighted by molar-refractivity contribution is 5.73. The third-order valence-corrected chi connectivity index (χ3v) is 1.99. The van der Waals surface area contributed by atoms with Crippen molar-refractivity contribution in [2.24, 2.45) is 0 Å². The Bertz CT molecular complexity index is 384. The van der Waals surface area contributed by atoms with Crippen molar-refractivity contribution in [2.75, 3.05) is 0 Å². The molecule has 86 valence electrons. The highest BCUT2D eigenvalue weighted by atomic mass is 16.5. The zero-order chi connectivity index (χ0) is 12.0. The number of aryl methyl sites for hydroxylation is 1. The summed E-state index contributed by atoms with van der Waals surface area (Å²) in [5.74, 6) is -0.796. The summed E-state index contributed by atoms with van der Waals surface area (Å²) in [4.78, 5) is 21.5. The van der Waals surface area contributed by atoms with Crippen LogP contribution >= 0.6 is 0 Å². The monoisotopic (exact) mass is 222 g/mol. The average molecular weight is 222 g/mol. The number of hydrogen-bond donors (Lipinski definition) is 1. The van der Waals surface area contributed by atoms with Crippen LogP contribution in [0.5, 0.6) is 5.75 Å². The number of benzene rings is 1. The molecule has 16 heavy (non-hydrogen) atoms. The number of aliphatic carboxylic acids is 1. The molecule has 0 radical (unpaired) electrons. The summed E-state index contributed by atoms with van der Waals surface area (Å²) >= 11 is 0. The molecule has 0 saturated heterocycles. The van der Waals surface area contributed by atoms with E-state index in [0.717, 1.165) is 5.56 Å². The number of carbonyl (C=O) groups excluding carboxylic acids is 1. The van der Waals surface area contributed by atoms with E-state index in [-0.39, 0.29) is 12.8 Å². The molecule has 4 nitrogen and oxygen atoms in total. The maximum atomic E-state index is 11.3. The lowest BCUT2D eigenvalue weighted by atomic mass is 10.2. The number of carbonyl (C=O) groups is 2. The highest BCUT2D eigenvalue weighted by Crippen LogP contribution is 2.13. The van der Waals surface area contributed by atoms with Crippen molar-refractivity contribution in [3.05, 3.63) is 29.8 Å². The summed E-state index contributed by atoms with van der Waals surface area (Å²) in [6.45, 7) is 1.90. The molecule has 1 N–H and O–H groups in total. The average Bonchev–Trinajstić information content (AvgIpc) is 2.16. The van der Waals surface area contributed by atoms with E-state index in [2.05, 4.69) is 0 Å². The van der Waals surface area contributed by atoms with Gasteiger partial charge in [-0.1, -0.05) is 12.1 Å². The Kier molecular flexibility index (Phi) is 4.51. The van der Waals surface area contributed by atoms with Crippen LogP contribution in [0.3, 0.4) is 0 Å². The fraction of sp³-hybridized carbons (Fsp3) is 0.333. The van der Waals surface area contributed by atoms with Crippen LogP contribution in [0.1, 0.15) is 24.8 Å². The Hall–Kier alpha value is -1.84. The largest absolute Gasteiger partial charge is 0.481 e. The molecule has 0 aliphatic heterocycles. The molecular formula is C12H14O4. The van der Waals surface area contributed by atoms with Crippen molar-refractivity contribution >= 4 is 11.9 Å². The first-order chi connectivity index (χ1) is 7.58. The maximum Gasteiger partial charge on any atom is 0.311 e. The number of ether oxygens (including phenoxy) is 1. The SMILES string of the molecule is Cc1cccc(OC(=O)CCCC(=O)O)c1. The second kappa shape index (κ2) is 5.90. The fourth-order valence-corrected chi connectivity index (χ4v) is 1.25. The fourth-order valence-electron chi connectivity index (χ4n) is 1.25. The van der Waals surface area contributed by atoms with Gasteiger partial charge >= 0.3 is 11.9 Å². The van der Waals surface area contributed by atoms with Gasteiger partial charge in [0, 0.05) is 12.8 Å². The van der Waals surface area contributed by atoms with Gasteiger partial charge in [-0.05, 0) is 31.0 Å². The van der Waals surface area contributed by atoms with Crippen LogP contribution in [0.4, 0.5) is 0 Å². The van der Waals surface area contributed by atoms with Crippen LogP contribution in [0, 0.1) is 6.92 Å². The van der Waals surface area contributed by atoms with Gasteiger partial charge in [0.15, 0.2) is 0 Å². The van der Waals surface area contributed by atoms with Crippen molar-refractivity contribution in [3.8, 4) is 5.75 Å². The summed E-state index contributed by atoms with van der Waals surface area (Å²) in [7, 11) is 0. The number of carboxylic acid groups (broad SMARTS) is 1. The lowest BCUT2D eigenvalue weighted by Crippen LogP contribution is -2.08. The van der Waals surface area contributed by atoms with Crippen molar-refractivity contribution in [1.82, 2.24) is 0 Å². The molecule has 0 aromatic heterocycles. The Balaban J connectivity index is 2.37. The third kappa shape index (κ3) is 4.59. The number of esters is 1. The molecule has 0 fully saturated rings. The van der Waals surface area contributed by atoms with Gasteiger partial charge in [-0.2, -0.15) is 0 Å². The van der Waals surface area contributed by atoms with Gasteiger partial charge in [-0.25, -0.2) is 0 Å². The second-order valence-corrected chi connectivity index (χ2v) is 3.54. The Morgan fingerprint density at radius 3 is 2.69 bits per heavy atom. The summed E-state index contributed by atoms with van der Waals surface area (Å²) in [6, 6.07) is 7.16. The topological polar surface area (TPSA) is 63.6 Å². The molecule has 0 unspecified atom stereocenters. The predicted molar refractivity (Wildman–Crippen MR) is 58.3 cm³/mol. The summed E-state index contributed by atoms with van der Waals surface area (Å²) in [5.41, 5.74) is 1.01.